The molecule has 0 bridgehead atoms. The van der Waals surface area contributed by atoms with E-state index in [2.05, 4.69) is 31.2 Å². The van der Waals surface area contributed by atoms with E-state index in [0.29, 0.717) is 35.2 Å². The molecule has 1 amide bonds. The molecule has 4 rings (SSSR count). The number of carbonyl (C=O) groups excluding carboxylic acids is 1. The van der Waals surface area contributed by atoms with E-state index in [4.69, 9.17) is 0 Å². The third-order valence-electron chi connectivity index (χ3n) is 4.83. The van der Waals surface area contributed by atoms with Crippen LogP contribution in [-0.4, -0.2) is 20.4 Å². The van der Waals surface area contributed by atoms with Crippen molar-refractivity contribution in [1.82, 2.24) is 19.9 Å². The van der Waals surface area contributed by atoms with E-state index in [9.17, 15) is 9.59 Å². The minimum absolute atomic E-state index is 0.189. The molecule has 1 aromatic carbocycles. The van der Waals surface area contributed by atoms with Crippen molar-refractivity contribution in [3.63, 3.8) is 0 Å². The summed E-state index contributed by atoms with van der Waals surface area (Å²) in [5.41, 5.74) is 3.27. The van der Waals surface area contributed by atoms with Crippen molar-refractivity contribution < 1.29 is 4.79 Å². The first-order chi connectivity index (χ1) is 14.5. The number of nitrogens with one attached hydrogen (secondary N) is 1. The summed E-state index contributed by atoms with van der Waals surface area (Å²) in [7, 11) is 0. The number of halogens is 1. The topological polar surface area (TPSA) is 76.9 Å². The zero-order chi connectivity index (χ0) is 21.1. The molecule has 0 aliphatic heterocycles. The van der Waals surface area contributed by atoms with Gasteiger partial charge in [-0.1, -0.05) is 34.1 Å². The van der Waals surface area contributed by atoms with Crippen molar-refractivity contribution in [1.29, 1.82) is 0 Å². The van der Waals surface area contributed by atoms with E-state index in [1.807, 2.05) is 36.4 Å². The number of benzene rings is 1. The molecule has 150 valence electrons. The first-order valence-corrected chi connectivity index (χ1v) is 10.2. The maximum absolute atomic E-state index is 13.0. The Morgan fingerprint density at radius 3 is 2.67 bits per heavy atom. The van der Waals surface area contributed by atoms with Crippen LogP contribution in [0.2, 0.25) is 0 Å². The number of hydrogen-bond acceptors (Lipinski definition) is 4. The molecule has 6 nitrogen and oxygen atoms in total. The number of rotatable bonds is 5. The Kier molecular flexibility index (Phi) is 5.72. The quantitative estimate of drug-likeness (QED) is 0.488. The third kappa shape index (κ3) is 4.31. The summed E-state index contributed by atoms with van der Waals surface area (Å²) in [6.07, 6.45) is 5.14. The van der Waals surface area contributed by atoms with Crippen LogP contribution in [0.1, 0.15) is 27.2 Å². The highest BCUT2D eigenvalue weighted by molar-refractivity contribution is 9.10. The Labute approximate surface area is 181 Å². The third-order valence-corrected chi connectivity index (χ3v) is 5.36. The van der Waals surface area contributed by atoms with Gasteiger partial charge in [-0.2, -0.15) is 0 Å². The second-order valence-corrected chi connectivity index (χ2v) is 7.89. The number of aromatic nitrogens is 3. The smallest absolute Gasteiger partial charge is 0.260 e. The van der Waals surface area contributed by atoms with E-state index in [1.165, 1.54) is 0 Å². The molecular weight excluding hydrogens is 444 g/mol. The standard InChI is InChI=1S/C23H19BrN4O2/c1-15-19(22(29)26-13-16-4-6-18(24)7-5-16)11-20-21(27-15)8-10-28(23(20)30)14-17-3-2-9-25-12-17/h2-12H,13-14H2,1H3,(H,26,29). The van der Waals surface area contributed by atoms with Gasteiger partial charge in [-0.05, 0) is 48.4 Å². The summed E-state index contributed by atoms with van der Waals surface area (Å²) in [5.74, 6) is -0.258. The second kappa shape index (κ2) is 8.59. The van der Waals surface area contributed by atoms with Crippen molar-refractivity contribution >= 4 is 32.7 Å². The van der Waals surface area contributed by atoms with Gasteiger partial charge >= 0.3 is 0 Å². The van der Waals surface area contributed by atoms with E-state index in [0.717, 1.165) is 15.6 Å². The van der Waals surface area contributed by atoms with Crippen molar-refractivity contribution in [2.75, 3.05) is 0 Å². The van der Waals surface area contributed by atoms with Gasteiger partial charge in [-0.3, -0.25) is 19.6 Å². The lowest BCUT2D eigenvalue weighted by molar-refractivity contribution is 0.0950. The zero-order valence-corrected chi connectivity index (χ0v) is 17.9. The van der Waals surface area contributed by atoms with Gasteiger partial charge in [0.05, 0.1) is 28.7 Å². The van der Waals surface area contributed by atoms with Crippen LogP contribution in [0.3, 0.4) is 0 Å². The van der Waals surface area contributed by atoms with E-state index >= 15 is 0 Å². The number of nitrogens with zero attached hydrogens (tertiary/aromatic N) is 3. The van der Waals surface area contributed by atoms with E-state index in [-0.39, 0.29) is 11.5 Å². The molecule has 0 saturated heterocycles. The molecule has 0 aliphatic rings. The summed E-state index contributed by atoms with van der Waals surface area (Å²) in [5, 5.41) is 3.32. The van der Waals surface area contributed by atoms with Gasteiger partial charge in [0.15, 0.2) is 0 Å². The lowest BCUT2D eigenvalue weighted by atomic mass is 10.1. The van der Waals surface area contributed by atoms with Crippen LogP contribution < -0.4 is 10.9 Å². The predicted octanol–water partition coefficient (Wildman–Crippen LogP) is 3.84. The Hall–Kier alpha value is -3.32. The first-order valence-electron chi connectivity index (χ1n) is 9.43. The van der Waals surface area contributed by atoms with Gasteiger partial charge in [0, 0.05) is 29.6 Å². The van der Waals surface area contributed by atoms with Crippen molar-refractivity contribution in [3.8, 4) is 0 Å². The van der Waals surface area contributed by atoms with Gasteiger partial charge in [0.2, 0.25) is 0 Å². The van der Waals surface area contributed by atoms with Crippen LogP contribution in [-0.2, 0) is 13.1 Å². The molecule has 4 aromatic rings. The van der Waals surface area contributed by atoms with Gasteiger partial charge in [0.25, 0.3) is 11.5 Å². The van der Waals surface area contributed by atoms with Gasteiger partial charge in [-0.25, -0.2) is 0 Å². The van der Waals surface area contributed by atoms with Gasteiger partial charge < -0.3 is 9.88 Å². The van der Waals surface area contributed by atoms with Crippen LogP contribution in [0.25, 0.3) is 10.9 Å². The number of aryl methyl sites for hydroxylation is 1. The van der Waals surface area contributed by atoms with Crippen molar-refractivity contribution in [2.24, 2.45) is 0 Å². The maximum atomic E-state index is 13.0. The Morgan fingerprint density at radius 1 is 1.13 bits per heavy atom. The van der Waals surface area contributed by atoms with Crippen LogP contribution in [0.15, 0.2) is 76.4 Å². The van der Waals surface area contributed by atoms with Crippen molar-refractivity contribution in [2.45, 2.75) is 20.0 Å². The number of amides is 1. The van der Waals surface area contributed by atoms with Crippen LogP contribution >= 0.6 is 15.9 Å². The Morgan fingerprint density at radius 2 is 1.93 bits per heavy atom. The van der Waals surface area contributed by atoms with Crippen molar-refractivity contribution in [3.05, 3.63) is 104 Å². The molecule has 1 N–H and O–H groups in total. The highest BCUT2D eigenvalue weighted by Crippen LogP contribution is 2.15. The van der Waals surface area contributed by atoms with E-state index in [1.54, 1.807) is 42.2 Å². The monoisotopic (exact) mass is 462 g/mol. The summed E-state index contributed by atoms with van der Waals surface area (Å²) in [6.45, 7) is 2.57. The fraction of sp³-hybridized carbons (Fsp3) is 0.130. The van der Waals surface area contributed by atoms with Crippen LogP contribution in [0.5, 0.6) is 0 Å². The Bertz CT molecular complexity index is 1270. The molecule has 0 unspecified atom stereocenters. The zero-order valence-electron chi connectivity index (χ0n) is 16.3. The molecule has 0 fully saturated rings. The highest BCUT2D eigenvalue weighted by Gasteiger charge is 2.14. The highest BCUT2D eigenvalue weighted by atomic mass is 79.9. The summed E-state index contributed by atoms with van der Waals surface area (Å²) >= 11 is 3.40. The first kappa shape index (κ1) is 20.0. The molecule has 0 saturated carbocycles. The average molecular weight is 463 g/mol. The lowest BCUT2D eigenvalue weighted by Crippen LogP contribution is -2.25. The Balaban J connectivity index is 1.62. The van der Waals surface area contributed by atoms with E-state index < -0.39 is 0 Å². The molecule has 30 heavy (non-hydrogen) atoms. The SMILES string of the molecule is Cc1nc2ccn(Cc3cccnc3)c(=O)c2cc1C(=O)NCc1ccc(Br)cc1. The molecule has 0 spiro atoms. The molecule has 0 aliphatic carbocycles. The lowest BCUT2D eigenvalue weighted by Gasteiger charge is -2.11. The largest absolute Gasteiger partial charge is 0.348 e. The molecular formula is C23H19BrN4O2. The molecule has 0 atom stereocenters. The predicted molar refractivity (Wildman–Crippen MR) is 119 cm³/mol. The minimum Gasteiger partial charge on any atom is -0.348 e. The average Bonchev–Trinajstić information content (AvgIpc) is 2.75. The van der Waals surface area contributed by atoms with Gasteiger partial charge in [0.1, 0.15) is 0 Å². The summed E-state index contributed by atoms with van der Waals surface area (Å²) in [6, 6.07) is 14.9. The summed E-state index contributed by atoms with van der Waals surface area (Å²) in [4.78, 5) is 34.3. The maximum Gasteiger partial charge on any atom is 0.260 e. The fourth-order valence-corrected chi connectivity index (χ4v) is 3.49. The molecule has 0 radical (unpaired) electrons. The van der Waals surface area contributed by atoms with Crippen LogP contribution in [0.4, 0.5) is 0 Å². The fourth-order valence-electron chi connectivity index (χ4n) is 3.23. The minimum atomic E-state index is -0.258. The van der Waals surface area contributed by atoms with Gasteiger partial charge in [-0.15, -0.1) is 0 Å². The number of hydrogen-bond donors (Lipinski definition) is 1. The second-order valence-electron chi connectivity index (χ2n) is 6.97. The number of carbonyl (C=O) groups is 1. The number of pyridine rings is 3. The molecule has 3 heterocycles. The number of fused-ring (bicyclic) bond motifs is 1. The molecule has 3 aromatic heterocycles. The van der Waals surface area contributed by atoms with Crippen LogP contribution in [0, 0.1) is 6.92 Å². The normalized spacial score (nSPS) is 10.9. The summed E-state index contributed by atoms with van der Waals surface area (Å²) < 4.78 is 2.58. The molecule has 7 heteroatoms.